The van der Waals surface area contributed by atoms with E-state index < -0.39 is 0 Å². The van der Waals surface area contributed by atoms with Gasteiger partial charge < -0.3 is 0 Å². The largest absolute Gasteiger partial charge is 0.299 e. The zero-order chi connectivity index (χ0) is 14.0. The van der Waals surface area contributed by atoms with Gasteiger partial charge in [-0.1, -0.05) is 29.8 Å². The van der Waals surface area contributed by atoms with E-state index in [-0.39, 0.29) is 10.6 Å². The van der Waals surface area contributed by atoms with E-state index in [0.29, 0.717) is 17.5 Å². The fourth-order valence-electron chi connectivity index (χ4n) is 1.99. The number of nitrogens with zero attached hydrogens (tertiary/aromatic N) is 2. The van der Waals surface area contributed by atoms with Gasteiger partial charge >= 0.3 is 0 Å². The molecule has 0 amide bonds. The average molecular weight is 277 g/mol. The number of halogens is 1. The molecule has 0 aliphatic heterocycles. The number of benzene rings is 1. The molecule has 0 unspecified atom stereocenters. The lowest BCUT2D eigenvalue weighted by Crippen LogP contribution is -2.20. The molecule has 0 N–H and O–H groups in total. The van der Waals surface area contributed by atoms with Crippen LogP contribution in [0.5, 0.6) is 0 Å². The molecule has 2 aromatic rings. The molecule has 0 saturated heterocycles. The number of aldehydes is 1. The van der Waals surface area contributed by atoms with Crippen molar-refractivity contribution in [3.63, 3.8) is 0 Å². The molecule has 1 aromatic carbocycles. The molecule has 5 heteroatoms. The Morgan fingerprint density at radius 1 is 1.26 bits per heavy atom. The van der Waals surface area contributed by atoms with Crippen molar-refractivity contribution in [1.82, 2.24) is 9.36 Å². The van der Waals surface area contributed by atoms with Crippen molar-refractivity contribution in [1.29, 1.82) is 0 Å². The lowest BCUT2D eigenvalue weighted by atomic mass is 10.2. The normalized spacial score (nSPS) is 11.6. The Morgan fingerprint density at radius 3 is 2.47 bits per heavy atom. The summed E-state index contributed by atoms with van der Waals surface area (Å²) in [7, 11) is 1.78. The van der Waals surface area contributed by atoms with Gasteiger partial charge in [-0.05, 0) is 25.1 Å². The maximum atomic E-state index is 12.4. The third-order valence-corrected chi connectivity index (χ3v) is 3.32. The van der Waals surface area contributed by atoms with Crippen LogP contribution in [0.1, 0.15) is 11.3 Å². The second kappa shape index (κ2) is 5.28. The Balaban J connectivity index is 2.73. The first-order valence-electron chi connectivity index (χ1n) is 5.73. The predicted octanol–water partition coefficient (Wildman–Crippen LogP) is 2.26. The molecule has 1 aromatic heterocycles. The number of rotatable bonds is 3. The van der Waals surface area contributed by atoms with Gasteiger partial charge in [-0.15, -0.1) is 0 Å². The maximum absolute atomic E-state index is 12.4. The molecule has 1 heterocycles. The van der Waals surface area contributed by atoms with Gasteiger partial charge in [-0.3, -0.25) is 14.3 Å². The number of hydrogen-bond donors (Lipinski definition) is 0. The Labute approximate surface area is 115 Å². The fraction of sp³-hybridized carbons (Fsp3) is 0.143. The maximum Gasteiger partial charge on any atom is 0.280 e. The van der Waals surface area contributed by atoms with Crippen molar-refractivity contribution in [2.75, 3.05) is 0 Å². The van der Waals surface area contributed by atoms with Crippen molar-refractivity contribution in [3.05, 3.63) is 58.0 Å². The number of allylic oxidation sites excluding steroid dienone is 1. The molecule has 0 bridgehead atoms. The predicted molar refractivity (Wildman–Crippen MR) is 75.6 cm³/mol. The molecule has 0 aliphatic carbocycles. The summed E-state index contributed by atoms with van der Waals surface area (Å²) in [5, 5.41) is 0.155. The number of carbonyl (C=O) groups excluding carboxylic acids is 1. The minimum absolute atomic E-state index is 0.155. The van der Waals surface area contributed by atoms with Crippen LogP contribution < -0.4 is 5.56 Å². The van der Waals surface area contributed by atoms with Crippen LogP contribution in [0.2, 0.25) is 0 Å². The fourth-order valence-corrected chi connectivity index (χ4v) is 2.26. The SMILES string of the molecule is Cc1c(C(Cl)=CC=O)c(=O)n(-c2ccccc2)n1C. The third-order valence-electron chi connectivity index (χ3n) is 3.01. The summed E-state index contributed by atoms with van der Waals surface area (Å²) >= 11 is 5.99. The first-order valence-corrected chi connectivity index (χ1v) is 6.11. The number of aromatic nitrogens is 2. The van der Waals surface area contributed by atoms with Gasteiger partial charge in [0, 0.05) is 12.7 Å². The molecule has 19 heavy (non-hydrogen) atoms. The van der Waals surface area contributed by atoms with Gasteiger partial charge in [0.2, 0.25) is 0 Å². The topological polar surface area (TPSA) is 44.0 Å². The van der Waals surface area contributed by atoms with E-state index in [2.05, 4.69) is 0 Å². The Bertz CT molecular complexity index is 696. The molecule has 0 aliphatic rings. The summed E-state index contributed by atoms with van der Waals surface area (Å²) in [5.74, 6) is 0. The van der Waals surface area contributed by atoms with Gasteiger partial charge in [-0.25, -0.2) is 4.68 Å². The summed E-state index contributed by atoms with van der Waals surface area (Å²) in [6.45, 7) is 1.79. The summed E-state index contributed by atoms with van der Waals surface area (Å²) in [5.41, 5.74) is 1.56. The summed E-state index contributed by atoms with van der Waals surface area (Å²) in [6, 6.07) is 9.26. The monoisotopic (exact) mass is 276 g/mol. The third kappa shape index (κ3) is 2.27. The molecule has 0 saturated carbocycles. The molecule has 0 fully saturated rings. The van der Waals surface area contributed by atoms with Gasteiger partial charge in [0.05, 0.1) is 16.3 Å². The average Bonchev–Trinajstić information content (AvgIpc) is 2.62. The van der Waals surface area contributed by atoms with Crippen LogP contribution in [-0.4, -0.2) is 15.6 Å². The van der Waals surface area contributed by atoms with E-state index in [9.17, 15) is 9.59 Å². The van der Waals surface area contributed by atoms with Gasteiger partial charge in [-0.2, -0.15) is 0 Å². The van der Waals surface area contributed by atoms with Crippen LogP contribution in [-0.2, 0) is 11.8 Å². The second-order valence-corrected chi connectivity index (χ2v) is 4.49. The summed E-state index contributed by atoms with van der Waals surface area (Å²) in [6.07, 6.45) is 1.75. The minimum atomic E-state index is -0.241. The van der Waals surface area contributed by atoms with Crippen molar-refractivity contribution in [2.45, 2.75) is 6.92 Å². The Morgan fingerprint density at radius 2 is 1.89 bits per heavy atom. The highest BCUT2D eigenvalue weighted by atomic mass is 35.5. The van der Waals surface area contributed by atoms with E-state index in [4.69, 9.17) is 11.6 Å². The summed E-state index contributed by atoms with van der Waals surface area (Å²) in [4.78, 5) is 22.9. The van der Waals surface area contributed by atoms with Crippen LogP contribution in [0.15, 0.2) is 41.2 Å². The van der Waals surface area contributed by atoms with Crippen molar-refractivity contribution >= 4 is 22.9 Å². The molecule has 0 spiro atoms. The van der Waals surface area contributed by atoms with Crippen molar-refractivity contribution in [2.24, 2.45) is 7.05 Å². The van der Waals surface area contributed by atoms with Gasteiger partial charge in [0.1, 0.15) is 6.29 Å². The molecule has 0 radical (unpaired) electrons. The first-order chi connectivity index (χ1) is 9.07. The Kier molecular flexibility index (Phi) is 3.71. The first kappa shape index (κ1) is 13.4. The minimum Gasteiger partial charge on any atom is -0.299 e. The Hall–Kier alpha value is -2.07. The highest BCUT2D eigenvalue weighted by Gasteiger charge is 2.17. The van der Waals surface area contributed by atoms with Crippen LogP contribution >= 0.6 is 11.6 Å². The van der Waals surface area contributed by atoms with Gasteiger partial charge in [0.25, 0.3) is 5.56 Å². The standard InChI is InChI=1S/C14H13ClN2O2/c1-10-13(12(15)8-9-18)14(19)17(16(10)2)11-6-4-3-5-7-11/h3-9H,1-2H3. The van der Waals surface area contributed by atoms with E-state index in [0.717, 1.165) is 5.69 Å². The highest BCUT2D eigenvalue weighted by molar-refractivity contribution is 6.49. The zero-order valence-electron chi connectivity index (χ0n) is 10.6. The molecule has 2 rings (SSSR count). The van der Waals surface area contributed by atoms with Crippen LogP contribution in [0, 0.1) is 6.92 Å². The van der Waals surface area contributed by atoms with Crippen LogP contribution in [0.4, 0.5) is 0 Å². The molecule has 98 valence electrons. The van der Waals surface area contributed by atoms with Crippen LogP contribution in [0.25, 0.3) is 10.7 Å². The van der Waals surface area contributed by atoms with Crippen molar-refractivity contribution < 1.29 is 4.79 Å². The second-order valence-electron chi connectivity index (χ2n) is 4.09. The number of hydrogen-bond acceptors (Lipinski definition) is 2. The summed E-state index contributed by atoms with van der Waals surface area (Å²) < 4.78 is 3.24. The van der Waals surface area contributed by atoms with Crippen molar-refractivity contribution in [3.8, 4) is 5.69 Å². The highest BCUT2D eigenvalue weighted by Crippen LogP contribution is 2.20. The van der Waals surface area contributed by atoms with Gasteiger partial charge in [0.15, 0.2) is 0 Å². The van der Waals surface area contributed by atoms with E-state index in [1.807, 2.05) is 30.3 Å². The zero-order valence-corrected chi connectivity index (χ0v) is 11.4. The molecular weight excluding hydrogens is 264 g/mol. The molecule has 0 atom stereocenters. The van der Waals surface area contributed by atoms with Crippen LogP contribution in [0.3, 0.4) is 0 Å². The smallest absolute Gasteiger partial charge is 0.280 e. The lowest BCUT2D eigenvalue weighted by Gasteiger charge is -2.07. The number of carbonyl (C=O) groups is 1. The lowest BCUT2D eigenvalue weighted by molar-refractivity contribution is -0.104. The quantitative estimate of drug-likeness (QED) is 0.638. The van der Waals surface area contributed by atoms with E-state index >= 15 is 0 Å². The number of para-hydroxylation sites is 1. The molecule has 4 nitrogen and oxygen atoms in total. The van der Waals surface area contributed by atoms with E-state index in [1.54, 1.807) is 18.7 Å². The van der Waals surface area contributed by atoms with E-state index in [1.165, 1.54) is 10.8 Å². The molecular formula is C14H13ClN2O2.